The van der Waals surface area contributed by atoms with E-state index in [1.54, 1.807) is 24.3 Å². The normalized spacial score (nSPS) is 9.40. The molecule has 6 heteroatoms. The summed E-state index contributed by atoms with van der Waals surface area (Å²) in [6, 6.07) is 6.12. The molecular weight excluding hydrogens is 260 g/mol. The Hall–Kier alpha value is -2.68. The number of anilines is 1. The van der Waals surface area contributed by atoms with Crippen molar-refractivity contribution in [2.75, 3.05) is 25.0 Å². The Labute approximate surface area is 117 Å². The van der Waals surface area contributed by atoms with Gasteiger partial charge in [-0.3, -0.25) is 0 Å². The third-order valence-corrected chi connectivity index (χ3v) is 2.42. The molecule has 0 unspecified atom stereocenters. The Bertz CT molecular complexity index is 505. The Balaban J connectivity index is 2.58. The van der Waals surface area contributed by atoms with E-state index in [4.69, 9.17) is 16.3 Å². The molecule has 0 fully saturated rings. The highest BCUT2D eigenvalue weighted by Crippen LogP contribution is 2.16. The van der Waals surface area contributed by atoms with Crippen LogP contribution in [0.15, 0.2) is 24.3 Å². The summed E-state index contributed by atoms with van der Waals surface area (Å²) in [5, 5.41) is 11.2. The van der Waals surface area contributed by atoms with Crippen LogP contribution in [0.25, 0.3) is 0 Å². The summed E-state index contributed by atoms with van der Waals surface area (Å²) in [5.74, 6) is 1.78. The molecule has 0 saturated carbocycles. The number of aliphatic carboxylic acids is 1. The van der Waals surface area contributed by atoms with Crippen molar-refractivity contribution in [3.05, 3.63) is 24.3 Å². The third kappa shape index (κ3) is 4.90. The van der Waals surface area contributed by atoms with Crippen molar-refractivity contribution in [2.24, 2.45) is 0 Å². The lowest BCUT2D eigenvalue weighted by Gasteiger charge is -2.18. The lowest BCUT2D eigenvalue weighted by molar-refractivity contribution is -0.139. The highest BCUT2D eigenvalue weighted by atomic mass is 16.5. The second kappa shape index (κ2) is 7.69. The SMILES string of the molecule is C#CCN(CC)C(=O)Nc1ccc(OCC(=O)O)cc1. The van der Waals surface area contributed by atoms with Gasteiger partial charge in [-0.15, -0.1) is 6.42 Å². The van der Waals surface area contributed by atoms with Crippen LogP contribution >= 0.6 is 0 Å². The largest absolute Gasteiger partial charge is 0.482 e. The summed E-state index contributed by atoms with van der Waals surface area (Å²) < 4.78 is 4.99. The monoisotopic (exact) mass is 276 g/mol. The van der Waals surface area contributed by atoms with E-state index in [0.717, 1.165) is 0 Å². The van der Waals surface area contributed by atoms with Gasteiger partial charge < -0.3 is 20.1 Å². The molecule has 0 spiro atoms. The summed E-state index contributed by atoms with van der Waals surface area (Å²) in [6.45, 7) is 2.18. The zero-order valence-corrected chi connectivity index (χ0v) is 11.1. The molecule has 0 saturated heterocycles. The molecule has 1 rings (SSSR count). The molecule has 1 aromatic rings. The highest BCUT2D eigenvalue weighted by Gasteiger charge is 2.10. The number of carboxylic acid groups (broad SMARTS) is 1. The number of urea groups is 1. The van der Waals surface area contributed by atoms with Crippen molar-refractivity contribution in [1.29, 1.82) is 0 Å². The van der Waals surface area contributed by atoms with Crippen LogP contribution < -0.4 is 10.1 Å². The smallest absolute Gasteiger partial charge is 0.341 e. The zero-order chi connectivity index (χ0) is 15.0. The number of hydrogen-bond acceptors (Lipinski definition) is 3. The van der Waals surface area contributed by atoms with E-state index in [2.05, 4.69) is 11.2 Å². The Kier molecular flexibility index (Phi) is 5.91. The van der Waals surface area contributed by atoms with Gasteiger partial charge >= 0.3 is 12.0 Å². The van der Waals surface area contributed by atoms with Gasteiger partial charge in [0.05, 0.1) is 6.54 Å². The molecule has 6 nitrogen and oxygen atoms in total. The second-order valence-corrected chi connectivity index (χ2v) is 3.86. The Morgan fingerprint density at radius 3 is 2.55 bits per heavy atom. The maximum Gasteiger partial charge on any atom is 0.341 e. The van der Waals surface area contributed by atoms with Gasteiger partial charge in [0.1, 0.15) is 5.75 Å². The van der Waals surface area contributed by atoms with Gasteiger partial charge in [-0.25, -0.2) is 9.59 Å². The van der Waals surface area contributed by atoms with E-state index < -0.39 is 12.6 Å². The summed E-state index contributed by atoms with van der Waals surface area (Å²) in [7, 11) is 0. The van der Waals surface area contributed by atoms with E-state index >= 15 is 0 Å². The number of nitrogens with zero attached hydrogens (tertiary/aromatic N) is 1. The Morgan fingerprint density at radius 1 is 1.40 bits per heavy atom. The number of carbonyl (C=O) groups excluding carboxylic acids is 1. The predicted octanol–water partition coefficient (Wildman–Crippen LogP) is 1.64. The highest BCUT2D eigenvalue weighted by molar-refractivity contribution is 5.89. The number of amides is 2. The first-order valence-electron chi connectivity index (χ1n) is 6.00. The van der Waals surface area contributed by atoms with Crippen LogP contribution in [-0.2, 0) is 4.79 Å². The first-order chi connectivity index (χ1) is 9.56. The fourth-order valence-electron chi connectivity index (χ4n) is 1.42. The van der Waals surface area contributed by atoms with Crippen molar-refractivity contribution in [1.82, 2.24) is 4.90 Å². The number of ether oxygens (including phenoxy) is 1. The fourth-order valence-corrected chi connectivity index (χ4v) is 1.42. The average molecular weight is 276 g/mol. The van der Waals surface area contributed by atoms with Crippen molar-refractivity contribution in [2.45, 2.75) is 6.92 Å². The Morgan fingerprint density at radius 2 is 2.05 bits per heavy atom. The maximum absolute atomic E-state index is 11.8. The van der Waals surface area contributed by atoms with Crippen LogP contribution in [0.2, 0.25) is 0 Å². The van der Waals surface area contributed by atoms with Crippen LogP contribution in [0, 0.1) is 12.3 Å². The second-order valence-electron chi connectivity index (χ2n) is 3.86. The molecule has 0 aromatic heterocycles. The van der Waals surface area contributed by atoms with Gasteiger partial charge in [-0.05, 0) is 31.2 Å². The first-order valence-corrected chi connectivity index (χ1v) is 6.00. The van der Waals surface area contributed by atoms with Crippen molar-refractivity contribution < 1.29 is 19.4 Å². The summed E-state index contributed by atoms with van der Waals surface area (Å²) in [5.41, 5.74) is 0.577. The number of hydrogen-bond donors (Lipinski definition) is 2. The van der Waals surface area contributed by atoms with Crippen LogP contribution in [0.1, 0.15) is 6.92 Å². The van der Waals surface area contributed by atoms with Gasteiger partial charge in [0.15, 0.2) is 6.61 Å². The number of terminal acetylenes is 1. The van der Waals surface area contributed by atoms with Crippen molar-refractivity contribution >= 4 is 17.7 Å². The van der Waals surface area contributed by atoms with E-state index in [0.29, 0.717) is 18.0 Å². The van der Waals surface area contributed by atoms with Gasteiger partial charge in [-0.2, -0.15) is 0 Å². The van der Waals surface area contributed by atoms with Gasteiger partial charge in [0, 0.05) is 12.2 Å². The predicted molar refractivity (Wildman–Crippen MR) is 74.7 cm³/mol. The number of nitrogens with one attached hydrogen (secondary N) is 1. The quantitative estimate of drug-likeness (QED) is 0.774. The molecule has 0 aliphatic heterocycles. The standard InChI is InChI=1S/C14H16N2O4/c1-3-9-16(4-2)14(19)15-11-5-7-12(8-6-11)20-10-13(17)18/h1,5-8H,4,9-10H2,2H3,(H,15,19)(H,17,18). The van der Waals surface area contributed by atoms with E-state index in [1.165, 1.54) is 4.90 Å². The molecule has 106 valence electrons. The van der Waals surface area contributed by atoms with E-state index in [1.807, 2.05) is 6.92 Å². The van der Waals surface area contributed by atoms with Gasteiger partial charge in [0.2, 0.25) is 0 Å². The molecule has 0 radical (unpaired) electrons. The minimum Gasteiger partial charge on any atom is -0.482 e. The minimum absolute atomic E-state index is 0.238. The molecular formula is C14H16N2O4. The number of carboxylic acids is 1. The molecule has 2 N–H and O–H groups in total. The average Bonchev–Trinajstić information content (AvgIpc) is 2.43. The number of benzene rings is 1. The first kappa shape index (κ1) is 15.4. The molecule has 0 bridgehead atoms. The van der Waals surface area contributed by atoms with E-state index in [9.17, 15) is 9.59 Å². The van der Waals surface area contributed by atoms with Crippen molar-refractivity contribution in [3.8, 4) is 18.1 Å². The van der Waals surface area contributed by atoms with Crippen LogP contribution in [-0.4, -0.2) is 41.7 Å². The molecule has 0 aliphatic rings. The van der Waals surface area contributed by atoms with Crippen LogP contribution in [0.4, 0.5) is 10.5 Å². The van der Waals surface area contributed by atoms with Gasteiger partial charge in [0.25, 0.3) is 0 Å². The summed E-state index contributed by atoms with van der Waals surface area (Å²) in [4.78, 5) is 23.7. The topological polar surface area (TPSA) is 78.9 Å². The number of carbonyl (C=O) groups is 2. The third-order valence-electron chi connectivity index (χ3n) is 2.42. The summed E-state index contributed by atoms with van der Waals surface area (Å²) in [6.07, 6.45) is 5.18. The minimum atomic E-state index is -1.05. The maximum atomic E-state index is 11.8. The molecule has 20 heavy (non-hydrogen) atoms. The van der Waals surface area contributed by atoms with Crippen molar-refractivity contribution in [3.63, 3.8) is 0 Å². The fraction of sp³-hybridized carbons (Fsp3) is 0.286. The van der Waals surface area contributed by atoms with Crippen LogP contribution in [0.5, 0.6) is 5.75 Å². The lowest BCUT2D eigenvalue weighted by Crippen LogP contribution is -2.35. The molecule has 1 aromatic carbocycles. The molecule has 0 heterocycles. The van der Waals surface area contributed by atoms with E-state index in [-0.39, 0.29) is 12.6 Å². The lowest BCUT2D eigenvalue weighted by atomic mass is 10.3. The molecule has 0 atom stereocenters. The summed E-state index contributed by atoms with van der Waals surface area (Å²) >= 11 is 0. The van der Waals surface area contributed by atoms with Gasteiger partial charge in [-0.1, -0.05) is 5.92 Å². The van der Waals surface area contributed by atoms with Crippen LogP contribution in [0.3, 0.4) is 0 Å². The molecule has 0 aliphatic carbocycles. The zero-order valence-electron chi connectivity index (χ0n) is 11.1. The molecule has 2 amide bonds. The number of rotatable bonds is 6.